The molecule has 25 heavy (non-hydrogen) atoms. The highest BCUT2D eigenvalue weighted by Gasteiger charge is 2.11. The normalized spacial score (nSPS) is 11.5. The predicted octanol–water partition coefficient (Wildman–Crippen LogP) is 4.28. The van der Waals surface area contributed by atoms with Crippen LogP contribution in [0.5, 0.6) is 5.75 Å². The second kappa shape index (κ2) is 9.13. The van der Waals surface area contributed by atoms with Gasteiger partial charge in [0.15, 0.2) is 11.6 Å². The first kappa shape index (κ1) is 19.6. The van der Waals surface area contributed by atoms with Crippen molar-refractivity contribution in [2.75, 3.05) is 27.2 Å². The van der Waals surface area contributed by atoms with Crippen LogP contribution in [0.2, 0.25) is 5.02 Å². The van der Waals surface area contributed by atoms with Gasteiger partial charge in [-0.1, -0.05) is 23.7 Å². The molecule has 0 aromatic heterocycles. The lowest BCUT2D eigenvalue weighted by Crippen LogP contribution is -2.27. The monoisotopic (exact) mass is 368 g/mol. The minimum Gasteiger partial charge on any atom is -0.506 e. The number of rotatable bonds is 8. The fourth-order valence-electron chi connectivity index (χ4n) is 2.63. The van der Waals surface area contributed by atoms with Gasteiger partial charge in [-0.2, -0.15) is 0 Å². The first-order valence-corrected chi connectivity index (χ1v) is 8.51. The fraction of sp³-hybridized carbons (Fsp3) is 0.368. The first-order chi connectivity index (χ1) is 11.8. The molecule has 0 spiro atoms. The molecule has 0 heterocycles. The number of nitrogens with zero attached hydrogens (tertiary/aromatic N) is 2. The molecule has 0 aliphatic rings. The maximum absolute atomic E-state index is 13.5. The molecule has 136 valence electrons. The van der Waals surface area contributed by atoms with E-state index in [0.29, 0.717) is 23.7 Å². The van der Waals surface area contributed by atoms with Crippen molar-refractivity contribution in [2.45, 2.75) is 19.5 Å². The van der Waals surface area contributed by atoms with E-state index in [1.54, 1.807) is 18.2 Å². The summed E-state index contributed by atoms with van der Waals surface area (Å²) in [6.45, 7) is 2.84. The van der Waals surface area contributed by atoms with Crippen molar-refractivity contribution in [1.29, 1.82) is 0 Å². The molecule has 1 N–H and O–H groups in total. The van der Waals surface area contributed by atoms with E-state index in [-0.39, 0.29) is 5.75 Å². The Balaban J connectivity index is 2.10. The predicted molar refractivity (Wildman–Crippen MR) is 96.8 cm³/mol. The Morgan fingerprint density at radius 1 is 0.920 bits per heavy atom. The van der Waals surface area contributed by atoms with E-state index in [2.05, 4.69) is 9.80 Å². The molecule has 0 aliphatic carbocycles. The van der Waals surface area contributed by atoms with E-state index in [1.165, 1.54) is 6.07 Å². The van der Waals surface area contributed by atoms with Gasteiger partial charge in [-0.15, -0.1) is 0 Å². The fourth-order valence-corrected chi connectivity index (χ4v) is 2.83. The quantitative estimate of drug-likeness (QED) is 0.753. The van der Waals surface area contributed by atoms with Gasteiger partial charge < -0.3 is 10.0 Å². The Labute approximate surface area is 152 Å². The molecule has 0 atom stereocenters. The molecule has 0 radical (unpaired) electrons. The Bertz CT molecular complexity index is 656. The van der Waals surface area contributed by atoms with Gasteiger partial charge in [0.25, 0.3) is 0 Å². The van der Waals surface area contributed by atoms with Crippen molar-refractivity contribution in [1.82, 2.24) is 9.80 Å². The highest BCUT2D eigenvalue weighted by Crippen LogP contribution is 2.24. The third kappa shape index (κ3) is 6.27. The van der Waals surface area contributed by atoms with Crippen molar-refractivity contribution in [3.8, 4) is 5.75 Å². The number of benzene rings is 2. The summed E-state index contributed by atoms with van der Waals surface area (Å²) in [6.07, 6.45) is 0.947. The van der Waals surface area contributed by atoms with E-state index in [0.717, 1.165) is 31.1 Å². The van der Waals surface area contributed by atoms with Gasteiger partial charge in [-0.05, 0) is 62.5 Å². The maximum atomic E-state index is 13.5. The molecular formula is C19H23ClF2N2O. The van der Waals surface area contributed by atoms with Gasteiger partial charge >= 0.3 is 0 Å². The number of phenolic OH excluding ortho intramolecular Hbond substituents is 1. The molecule has 0 unspecified atom stereocenters. The van der Waals surface area contributed by atoms with Gasteiger partial charge in [0, 0.05) is 19.6 Å². The Morgan fingerprint density at radius 3 is 2.16 bits per heavy atom. The van der Waals surface area contributed by atoms with Gasteiger partial charge in [0.2, 0.25) is 0 Å². The molecule has 0 saturated carbocycles. The number of halogens is 3. The van der Waals surface area contributed by atoms with Crippen LogP contribution in [0.3, 0.4) is 0 Å². The minimum absolute atomic E-state index is 0.0465. The Hall–Kier alpha value is -1.69. The SMILES string of the molecule is CN(C)CCCN(Cc1ccc(F)c(F)c1)Cc1ccc(O)c(Cl)c1. The van der Waals surface area contributed by atoms with Crippen LogP contribution in [0.15, 0.2) is 36.4 Å². The van der Waals surface area contributed by atoms with Gasteiger partial charge in [0.1, 0.15) is 5.75 Å². The van der Waals surface area contributed by atoms with E-state index < -0.39 is 11.6 Å². The summed E-state index contributed by atoms with van der Waals surface area (Å²) in [4.78, 5) is 4.26. The summed E-state index contributed by atoms with van der Waals surface area (Å²) >= 11 is 5.98. The summed E-state index contributed by atoms with van der Waals surface area (Å²) in [5.74, 6) is -1.63. The van der Waals surface area contributed by atoms with Crippen LogP contribution >= 0.6 is 11.6 Å². The maximum Gasteiger partial charge on any atom is 0.159 e. The summed E-state index contributed by atoms with van der Waals surface area (Å²) in [7, 11) is 4.03. The van der Waals surface area contributed by atoms with E-state index in [1.807, 2.05) is 20.2 Å². The molecular weight excluding hydrogens is 346 g/mol. The summed E-state index contributed by atoms with van der Waals surface area (Å²) in [6, 6.07) is 9.08. The van der Waals surface area contributed by atoms with Crippen LogP contribution < -0.4 is 0 Å². The van der Waals surface area contributed by atoms with Crippen LogP contribution in [-0.2, 0) is 13.1 Å². The van der Waals surface area contributed by atoms with Crippen molar-refractivity contribution in [2.24, 2.45) is 0 Å². The van der Waals surface area contributed by atoms with Crippen LogP contribution in [0.25, 0.3) is 0 Å². The summed E-state index contributed by atoms with van der Waals surface area (Å²) in [5, 5.41) is 9.85. The molecule has 0 amide bonds. The topological polar surface area (TPSA) is 26.7 Å². The average molecular weight is 369 g/mol. The third-order valence-corrected chi connectivity index (χ3v) is 4.19. The highest BCUT2D eigenvalue weighted by atomic mass is 35.5. The second-order valence-corrected chi connectivity index (χ2v) is 6.81. The second-order valence-electron chi connectivity index (χ2n) is 6.40. The van der Waals surface area contributed by atoms with Crippen molar-refractivity contribution < 1.29 is 13.9 Å². The lowest BCUT2D eigenvalue weighted by atomic mass is 10.1. The van der Waals surface area contributed by atoms with Crippen molar-refractivity contribution in [3.63, 3.8) is 0 Å². The molecule has 0 fully saturated rings. The zero-order valence-electron chi connectivity index (χ0n) is 14.5. The van der Waals surface area contributed by atoms with Crippen molar-refractivity contribution in [3.05, 3.63) is 64.2 Å². The summed E-state index contributed by atoms with van der Waals surface area (Å²) < 4.78 is 26.6. The van der Waals surface area contributed by atoms with Crippen LogP contribution in [0, 0.1) is 11.6 Å². The zero-order valence-corrected chi connectivity index (χ0v) is 15.2. The molecule has 0 aliphatic heterocycles. The van der Waals surface area contributed by atoms with Gasteiger partial charge in [-0.3, -0.25) is 4.90 Å². The van der Waals surface area contributed by atoms with Crippen LogP contribution in [-0.4, -0.2) is 42.1 Å². The van der Waals surface area contributed by atoms with E-state index >= 15 is 0 Å². The summed E-state index contributed by atoms with van der Waals surface area (Å²) in [5.41, 5.74) is 1.67. The number of hydrogen-bond acceptors (Lipinski definition) is 3. The standard InChI is InChI=1S/C19H23ClF2N2O/c1-23(2)8-3-9-24(12-14-5-7-19(25)16(20)10-14)13-15-4-6-17(21)18(22)11-15/h4-7,10-11,25H,3,8-9,12-13H2,1-2H3. The molecule has 0 bridgehead atoms. The molecule has 2 aromatic rings. The lowest BCUT2D eigenvalue weighted by molar-refractivity contribution is 0.239. The molecule has 0 saturated heterocycles. The smallest absolute Gasteiger partial charge is 0.159 e. The van der Waals surface area contributed by atoms with E-state index in [4.69, 9.17) is 11.6 Å². The molecule has 3 nitrogen and oxygen atoms in total. The van der Waals surface area contributed by atoms with Crippen LogP contribution in [0.4, 0.5) is 8.78 Å². The lowest BCUT2D eigenvalue weighted by Gasteiger charge is -2.24. The van der Waals surface area contributed by atoms with Crippen LogP contribution in [0.1, 0.15) is 17.5 Å². The minimum atomic E-state index is -0.840. The Morgan fingerprint density at radius 2 is 1.56 bits per heavy atom. The molecule has 2 rings (SSSR count). The van der Waals surface area contributed by atoms with Gasteiger partial charge in [-0.25, -0.2) is 8.78 Å². The molecule has 6 heteroatoms. The zero-order chi connectivity index (χ0) is 18.4. The van der Waals surface area contributed by atoms with Crippen molar-refractivity contribution >= 4 is 11.6 Å². The highest BCUT2D eigenvalue weighted by molar-refractivity contribution is 6.32. The first-order valence-electron chi connectivity index (χ1n) is 8.13. The number of hydrogen-bond donors (Lipinski definition) is 1. The largest absolute Gasteiger partial charge is 0.506 e. The third-order valence-electron chi connectivity index (χ3n) is 3.89. The average Bonchev–Trinajstić information content (AvgIpc) is 2.54. The number of phenols is 1. The number of aromatic hydroxyl groups is 1. The van der Waals surface area contributed by atoms with E-state index in [9.17, 15) is 13.9 Å². The Kier molecular flexibility index (Phi) is 7.17. The molecule has 2 aromatic carbocycles. The van der Waals surface area contributed by atoms with Gasteiger partial charge in [0.05, 0.1) is 5.02 Å².